The third-order valence-electron chi connectivity index (χ3n) is 4.71. The molecule has 2 aromatic carbocycles. The van der Waals surface area contributed by atoms with Crippen molar-refractivity contribution in [3.8, 4) is 5.75 Å². The Morgan fingerprint density at radius 2 is 1.62 bits per heavy atom. The van der Waals surface area contributed by atoms with Crippen molar-refractivity contribution in [2.45, 2.75) is 38.8 Å². The highest BCUT2D eigenvalue weighted by Crippen LogP contribution is 2.41. The summed E-state index contributed by atoms with van der Waals surface area (Å²) in [6.07, 6.45) is 2.13. The molecule has 2 nitrogen and oxygen atoms in total. The SMILES string of the molecule is CC1(C)C(N)CC1Oc1ccc(Cc2ccccc2)cc1. The van der Waals surface area contributed by atoms with Crippen LogP contribution in [0.15, 0.2) is 54.6 Å². The Hall–Kier alpha value is -1.80. The summed E-state index contributed by atoms with van der Waals surface area (Å²) in [5.41, 5.74) is 8.74. The number of hydrogen-bond acceptors (Lipinski definition) is 2. The van der Waals surface area contributed by atoms with Crippen LogP contribution in [0.4, 0.5) is 0 Å². The fourth-order valence-electron chi connectivity index (χ4n) is 2.80. The van der Waals surface area contributed by atoms with E-state index in [4.69, 9.17) is 10.5 Å². The summed E-state index contributed by atoms with van der Waals surface area (Å²) in [6.45, 7) is 4.35. The summed E-state index contributed by atoms with van der Waals surface area (Å²) in [7, 11) is 0. The fraction of sp³-hybridized carbons (Fsp3) is 0.368. The van der Waals surface area contributed by atoms with Gasteiger partial charge in [-0.25, -0.2) is 0 Å². The Balaban J connectivity index is 1.62. The molecule has 2 N–H and O–H groups in total. The van der Waals surface area contributed by atoms with Gasteiger partial charge in [0.25, 0.3) is 0 Å². The van der Waals surface area contributed by atoms with Crippen LogP contribution in [-0.2, 0) is 6.42 Å². The number of rotatable bonds is 4. The molecule has 2 atom stereocenters. The lowest BCUT2D eigenvalue weighted by Gasteiger charge is -2.49. The van der Waals surface area contributed by atoms with Crippen LogP contribution in [-0.4, -0.2) is 12.1 Å². The number of ether oxygens (including phenoxy) is 1. The highest BCUT2D eigenvalue weighted by atomic mass is 16.5. The predicted octanol–water partition coefficient (Wildman–Crippen LogP) is 3.78. The highest BCUT2D eigenvalue weighted by Gasteiger charge is 2.47. The molecule has 0 radical (unpaired) electrons. The first-order chi connectivity index (χ1) is 10.1. The lowest BCUT2D eigenvalue weighted by molar-refractivity contribution is -0.0399. The first-order valence-electron chi connectivity index (χ1n) is 7.61. The van der Waals surface area contributed by atoms with Crippen LogP contribution >= 0.6 is 0 Å². The Labute approximate surface area is 126 Å². The molecule has 0 spiro atoms. The molecule has 3 rings (SSSR count). The molecule has 110 valence electrons. The molecular weight excluding hydrogens is 258 g/mol. The van der Waals surface area contributed by atoms with Gasteiger partial charge < -0.3 is 10.5 Å². The van der Waals surface area contributed by atoms with E-state index in [1.807, 2.05) is 6.07 Å². The maximum atomic E-state index is 6.06. The van der Waals surface area contributed by atoms with Gasteiger partial charge >= 0.3 is 0 Å². The molecule has 2 heteroatoms. The largest absolute Gasteiger partial charge is 0.490 e. The molecule has 0 amide bonds. The first kappa shape index (κ1) is 14.2. The van der Waals surface area contributed by atoms with E-state index in [0.29, 0.717) is 0 Å². The van der Waals surface area contributed by atoms with Crippen molar-refractivity contribution in [2.24, 2.45) is 11.1 Å². The zero-order valence-electron chi connectivity index (χ0n) is 12.8. The maximum absolute atomic E-state index is 6.06. The van der Waals surface area contributed by atoms with Crippen molar-refractivity contribution in [2.75, 3.05) is 0 Å². The van der Waals surface area contributed by atoms with Gasteiger partial charge in [0.2, 0.25) is 0 Å². The van der Waals surface area contributed by atoms with Gasteiger partial charge in [-0.1, -0.05) is 56.3 Å². The highest BCUT2D eigenvalue weighted by molar-refractivity contribution is 5.32. The molecule has 1 saturated carbocycles. The van der Waals surface area contributed by atoms with E-state index in [-0.39, 0.29) is 17.6 Å². The molecule has 1 aliphatic rings. The van der Waals surface area contributed by atoms with Crippen molar-refractivity contribution in [1.29, 1.82) is 0 Å². The minimum Gasteiger partial charge on any atom is -0.490 e. The van der Waals surface area contributed by atoms with Crippen molar-refractivity contribution < 1.29 is 4.74 Å². The summed E-state index contributed by atoms with van der Waals surface area (Å²) < 4.78 is 6.06. The van der Waals surface area contributed by atoms with Gasteiger partial charge in [-0.15, -0.1) is 0 Å². The monoisotopic (exact) mass is 281 g/mol. The standard InChI is InChI=1S/C19H23NO/c1-19(2)17(20)13-18(19)21-16-10-8-15(9-11-16)12-14-6-4-3-5-7-14/h3-11,17-18H,12-13,20H2,1-2H3. The molecule has 21 heavy (non-hydrogen) atoms. The van der Waals surface area contributed by atoms with Gasteiger partial charge in [-0.2, -0.15) is 0 Å². The zero-order valence-corrected chi connectivity index (χ0v) is 12.8. The van der Waals surface area contributed by atoms with Gasteiger partial charge in [0.05, 0.1) is 0 Å². The van der Waals surface area contributed by atoms with Crippen LogP contribution in [0.3, 0.4) is 0 Å². The topological polar surface area (TPSA) is 35.2 Å². The van der Waals surface area contributed by atoms with Gasteiger partial charge in [-0.3, -0.25) is 0 Å². The van der Waals surface area contributed by atoms with Gasteiger partial charge in [0, 0.05) is 17.9 Å². The van der Waals surface area contributed by atoms with Crippen LogP contribution in [0.2, 0.25) is 0 Å². The number of nitrogens with two attached hydrogens (primary N) is 1. The number of hydrogen-bond donors (Lipinski definition) is 1. The molecule has 0 saturated heterocycles. The lowest BCUT2D eigenvalue weighted by atomic mass is 9.65. The second-order valence-corrected chi connectivity index (χ2v) is 6.58. The van der Waals surface area contributed by atoms with Gasteiger partial charge in [0.15, 0.2) is 0 Å². The van der Waals surface area contributed by atoms with E-state index >= 15 is 0 Å². The van der Waals surface area contributed by atoms with Crippen LogP contribution in [0, 0.1) is 5.41 Å². The van der Waals surface area contributed by atoms with Crippen LogP contribution < -0.4 is 10.5 Å². The summed E-state index contributed by atoms with van der Waals surface area (Å²) in [5.74, 6) is 0.941. The van der Waals surface area contributed by atoms with Crippen molar-refractivity contribution in [3.63, 3.8) is 0 Å². The molecule has 0 aliphatic heterocycles. The summed E-state index contributed by atoms with van der Waals surface area (Å²) in [4.78, 5) is 0. The molecule has 0 heterocycles. The van der Waals surface area contributed by atoms with Crippen molar-refractivity contribution in [3.05, 3.63) is 65.7 Å². The first-order valence-corrected chi connectivity index (χ1v) is 7.61. The van der Waals surface area contributed by atoms with Crippen LogP contribution in [0.1, 0.15) is 31.4 Å². The van der Waals surface area contributed by atoms with E-state index in [1.165, 1.54) is 11.1 Å². The zero-order chi connectivity index (χ0) is 14.9. The fourth-order valence-corrected chi connectivity index (χ4v) is 2.80. The van der Waals surface area contributed by atoms with E-state index in [0.717, 1.165) is 18.6 Å². The smallest absolute Gasteiger partial charge is 0.119 e. The second-order valence-electron chi connectivity index (χ2n) is 6.58. The molecular formula is C19H23NO. The summed E-state index contributed by atoms with van der Waals surface area (Å²) >= 11 is 0. The average Bonchev–Trinajstić information content (AvgIpc) is 2.50. The molecule has 0 bridgehead atoms. The Morgan fingerprint density at radius 3 is 2.19 bits per heavy atom. The Morgan fingerprint density at radius 1 is 1.00 bits per heavy atom. The van der Waals surface area contributed by atoms with Crippen LogP contribution in [0.5, 0.6) is 5.75 Å². The van der Waals surface area contributed by atoms with Crippen molar-refractivity contribution in [1.82, 2.24) is 0 Å². The minimum atomic E-state index is 0.0721. The minimum absolute atomic E-state index is 0.0721. The molecule has 1 fully saturated rings. The van der Waals surface area contributed by atoms with E-state index in [9.17, 15) is 0 Å². The number of benzene rings is 2. The van der Waals surface area contributed by atoms with Gasteiger partial charge in [0.1, 0.15) is 11.9 Å². The van der Waals surface area contributed by atoms with E-state index in [2.05, 4.69) is 62.4 Å². The van der Waals surface area contributed by atoms with Gasteiger partial charge in [-0.05, 0) is 29.7 Å². The lowest BCUT2D eigenvalue weighted by Crippen LogP contribution is -2.60. The Kier molecular flexibility index (Phi) is 3.73. The molecule has 2 aromatic rings. The average molecular weight is 281 g/mol. The quantitative estimate of drug-likeness (QED) is 0.925. The molecule has 1 aliphatic carbocycles. The molecule has 2 unspecified atom stereocenters. The van der Waals surface area contributed by atoms with Crippen molar-refractivity contribution >= 4 is 0 Å². The maximum Gasteiger partial charge on any atom is 0.119 e. The second kappa shape index (κ2) is 5.53. The summed E-state index contributed by atoms with van der Waals surface area (Å²) in [5, 5.41) is 0. The summed E-state index contributed by atoms with van der Waals surface area (Å²) in [6, 6.07) is 19.2. The molecule has 0 aromatic heterocycles. The third kappa shape index (κ3) is 2.96. The third-order valence-corrected chi connectivity index (χ3v) is 4.71. The Bertz CT molecular complexity index is 589. The van der Waals surface area contributed by atoms with E-state index < -0.39 is 0 Å². The predicted molar refractivity (Wildman–Crippen MR) is 86.5 cm³/mol. The van der Waals surface area contributed by atoms with Crippen LogP contribution in [0.25, 0.3) is 0 Å². The normalized spacial score (nSPS) is 23.4. The van der Waals surface area contributed by atoms with E-state index in [1.54, 1.807) is 0 Å².